The molecule has 0 spiro atoms. The highest BCUT2D eigenvalue weighted by Gasteiger charge is 2.26. The first kappa shape index (κ1) is 20.3. The molecule has 1 aromatic carbocycles. The predicted octanol–water partition coefficient (Wildman–Crippen LogP) is 1.79. The highest BCUT2D eigenvalue weighted by Crippen LogP contribution is 2.21. The Morgan fingerprint density at radius 1 is 1.15 bits per heavy atom. The van der Waals surface area contributed by atoms with Crippen molar-refractivity contribution in [2.24, 2.45) is 0 Å². The molecule has 1 N–H and O–H groups in total. The van der Waals surface area contributed by atoms with Crippen molar-refractivity contribution in [1.82, 2.24) is 9.62 Å². The zero-order valence-corrected chi connectivity index (χ0v) is 16.4. The van der Waals surface area contributed by atoms with Crippen LogP contribution in [0.25, 0.3) is 0 Å². The van der Waals surface area contributed by atoms with Crippen LogP contribution in [0.2, 0.25) is 0 Å². The van der Waals surface area contributed by atoms with E-state index in [4.69, 9.17) is 9.47 Å². The molecule has 0 radical (unpaired) electrons. The first-order valence-electron chi connectivity index (χ1n) is 9.65. The SMILES string of the molecule is O=C(NCCCOC1CCCC1)c1ccc(S(=O)(=O)N2CCOCC2)cc1. The highest BCUT2D eigenvalue weighted by atomic mass is 32.2. The Bertz CT molecular complexity index is 708. The maximum absolute atomic E-state index is 12.6. The van der Waals surface area contributed by atoms with E-state index in [1.54, 1.807) is 12.1 Å². The summed E-state index contributed by atoms with van der Waals surface area (Å²) < 4.78 is 37.5. The number of sulfonamides is 1. The third-order valence-electron chi connectivity index (χ3n) is 4.99. The van der Waals surface area contributed by atoms with Gasteiger partial charge in [0, 0.05) is 31.8 Å². The molecule has 2 aliphatic rings. The first-order valence-corrected chi connectivity index (χ1v) is 11.1. The minimum atomic E-state index is -3.53. The van der Waals surface area contributed by atoms with Crippen molar-refractivity contribution in [1.29, 1.82) is 0 Å². The first-order chi connectivity index (χ1) is 13.1. The van der Waals surface area contributed by atoms with Crippen LogP contribution >= 0.6 is 0 Å². The Morgan fingerprint density at radius 2 is 1.81 bits per heavy atom. The molecular formula is C19H28N2O5S. The third-order valence-corrected chi connectivity index (χ3v) is 6.90. The highest BCUT2D eigenvalue weighted by molar-refractivity contribution is 7.89. The van der Waals surface area contributed by atoms with Crippen molar-refractivity contribution in [3.05, 3.63) is 29.8 Å². The Balaban J connectivity index is 1.45. The number of hydrogen-bond donors (Lipinski definition) is 1. The van der Waals surface area contributed by atoms with Crippen molar-refractivity contribution in [3.63, 3.8) is 0 Å². The van der Waals surface area contributed by atoms with Crippen LogP contribution < -0.4 is 5.32 Å². The van der Waals surface area contributed by atoms with Gasteiger partial charge in [-0.3, -0.25) is 4.79 Å². The number of nitrogens with one attached hydrogen (secondary N) is 1. The average molecular weight is 397 g/mol. The standard InChI is InChI=1S/C19H28N2O5S/c22-19(20-10-3-13-26-17-4-1-2-5-17)16-6-8-18(9-7-16)27(23,24)21-11-14-25-15-12-21/h6-9,17H,1-5,10-15H2,(H,20,22). The normalized spacial score (nSPS) is 19.3. The number of amides is 1. The molecule has 0 atom stereocenters. The van der Waals surface area contributed by atoms with E-state index in [1.165, 1.54) is 29.3 Å². The zero-order chi connectivity index (χ0) is 19.1. The number of ether oxygens (including phenoxy) is 2. The molecule has 150 valence electrons. The van der Waals surface area contributed by atoms with E-state index in [0.717, 1.165) is 19.3 Å². The van der Waals surface area contributed by atoms with E-state index < -0.39 is 10.0 Å². The van der Waals surface area contributed by atoms with Gasteiger partial charge >= 0.3 is 0 Å². The van der Waals surface area contributed by atoms with Crippen molar-refractivity contribution < 1.29 is 22.7 Å². The second-order valence-corrected chi connectivity index (χ2v) is 8.87. The number of nitrogens with zero attached hydrogens (tertiary/aromatic N) is 1. The quantitative estimate of drug-likeness (QED) is 0.677. The summed E-state index contributed by atoms with van der Waals surface area (Å²) in [5.74, 6) is -0.203. The van der Waals surface area contributed by atoms with Crippen molar-refractivity contribution >= 4 is 15.9 Å². The number of benzene rings is 1. The molecule has 1 saturated heterocycles. The molecule has 1 aliphatic carbocycles. The third kappa shape index (κ3) is 5.51. The van der Waals surface area contributed by atoms with Crippen LogP contribution in [0, 0.1) is 0 Å². The van der Waals surface area contributed by atoms with Crippen LogP contribution in [-0.4, -0.2) is 64.2 Å². The summed E-state index contributed by atoms with van der Waals surface area (Å²) in [6, 6.07) is 6.08. The lowest BCUT2D eigenvalue weighted by Gasteiger charge is -2.26. The Kier molecular flexibility index (Phi) is 7.23. The van der Waals surface area contributed by atoms with Crippen LogP contribution in [0.1, 0.15) is 42.5 Å². The molecule has 0 aromatic heterocycles. The van der Waals surface area contributed by atoms with E-state index in [1.807, 2.05) is 0 Å². The maximum atomic E-state index is 12.6. The summed E-state index contributed by atoms with van der Waals surface area (Å²) in [6.07, 6.45) is 5.95. The minimum absolute atomic E-state index is 0.200. The predicted molar refractivity (Wildman–Crippen MR) is 101 cm³/mol. The smallest absolute Gasteiger partial charge is 0.251 e. The molecule has 7 nitrogen and oxygen atoms in total. The van der Waals surface area contributed by atoms with Crippen molar-refractivity contribution in [2.45, 2.75) is 43.1 Å². The summed E-state index contributed by atoms with van der Waals surface area (Å²) in [7, 11) is -3.53. The van der Waals surface area contributed by atoms with Gasteiger partial charge in [0.25, 0.3) is 5.91 Å². The molecule has 3 rings (SSSR count). The molecule has 0 unspecified atom stereocenters. The molecule has 1 saturated carbocycles. The van der Waals surface area contributed by atoms with E-state index in [-0.39, 0.29) is 10.8 Å². The van der Waals surface area contributed by atoms with Gasteiger partial charge < -0.3 is 14.8 Å². The van der Waals surface area contributed by atoms with Crippen LogP contribution in [0.4, 0.5) is 0 Å². The number of rotatable bonds is 8. The van der Waals surface area contributed by atoms with E-state index in [9.17, 15) is 13.2 Å². The summed E-state index contributed by atoms with van der Waals surface area (Å²) in [5.41, 5.74) is 0.452. The molecular weight excluding hydrogens is 368 g/mol. The van der Waals surface area contributed by atoms with Crippen LogP contribution in [0.15, 0.2) is 29.2 Å². The Labute approximate surface area is 161 Å². The number of morpholine rings is 1. The van der Waals surface area contributed by atoms with Crippen LogP contribution in [-0.2, 0) is 19.5 Å². The second-order valence-electron chi connectivity index (χ2n) is 6.93. The number of carbonyl (C=O) groups excluding carboxylic acids is 1. The average Bonchev–Trinajstić information content (AvgIpc) is 3.22. The molecule has 1 heterocycles. The van der Waals surface area contributed by atoms with Gasteiger partial charge in [-0.25, -0.2) is 8.42 Å². The van der Waals surface area contributed by atoms with Gasteiger partial charge in [-0.1, -0.05) is 12.8 Å². The lowest BCUT2D eigenvalue weighted by atomic mass is 10.2. The molecule has 2 fully saturated rings. The van der Waals surface area contributed by atoms with Crippen molar-refractivity contribution in [2.75, 3.05) is 39.5 Å². The monoisotopic (exact) mass is 396 g/mol. The summed E-state index contributed by atoms with van der Waals surface area (Å²) in [5, 5.41) is 2.85. The Hall–Kier alpha value is -1.48. The summed E-state index contributed by atoms with van der Waals surface area (Å²) in [4.78, 5) is 12.4. The van der Waals surface area contributed by atoms with Gasteiger partial charge in [0.1, 0.15) is 0 Å². The fourth-order valence-corrected chi connectivity index (χ4v) is 4.80. The van der Waals surface area contributed by atoms with Gasteiger partial charge in [-0.05, 0) is 43.5 Å². The van der Waals surface area contributed by atoms with E-state index >= 15 is 0 Å². The Morgan fingerprint density at radius 3 is 2.48 bits per heavy atom. The van der Waals surface area contributed by atoms with Gasteiger partial charge in [0.05, 0.1) is 24.2 Å². The van der Waals surface area contributed by atoms with Gasteiger partial charge in [0.15, 0.2) is 0 Å². The molecule has 1 amide bonds. The number of hydrogen-bond acceptors (Lipinski definition) is 5. The largest absolute Gasteiger partial charge is 0.379 e. The lowest BCUT2D eigenvalue weighted by Crippen LogP contribution is -2.40. The van der Waals surface area contributed by atoms with E-state index in [2.05, 4.69) is 5.32 Å². The zero-order valence-electron chi connectivity index (χ0n) is 15.6. The van der Waals surface area contributed by atoms with Crippen LogP contribution in [0.5, 0.6) is 0 Å². The molecule has 27 heavy (non-hydrogen) atoms. The molecule has 0 bridgehead atoms. The summed E-state index contributed by atoms with van der Waals surface area (Å²) >= 11 is 0. The van der Waals surface area contributed by atoms with Crippen molar-refractivity contribution in [3.8, 4) is 0 Å². The molecule has 8 heteroatoms. The topological polar surface area (TPSA) is 84.9 Å². The van der Waals surface area contributed by atoms with Crippen LogP contribution in [0.3, 0.4) is 0 Å². The number of carbonyl (C=O) groups is 1. The fraction of sp³-hybridized carbons (Fsp3) is 0.632. The summed E-state index contributed by atoms with van der Waals surface area (Å²) in [6.45, 7) is 2.72. The van der Waals surface area contributed by atoms with Gasteiger partial charge in [-0.15, -0.1) is 0 Å². The van der Waals surface area contributed by atoms with Gasteiger partial charge in [-0.2, -0.15) is 4.31 Å². The minimum Gasteiger partial charge on any atom is -0.379 e. The second kappa shape index (κ2) is 9.64. The van der Waals surface area contributed by atoms with Gasteiger partial charge in [0.2, 0.25) is 10.0 Å². The molecule has 1 aliphatic heterocycles. The lowest BCUT2D eigenvalue weighted by molar-refractivity contribution is 0.0565. The fourth-order valence-electron chi connectivity index (χ4n) is 3.40. The maximum Gasteiger partial charge on any atom is 0.251 e. The molecule has 1 aromatic rings. The van der Waals surface area contributed by atoms with E-state index in [0.29, 0.717) is 51.1 Å².